The van der Waals surface area contributed by atoms with Gasteiger partial charge in [-0.2, -0.15) is 0 Å². The highest BCUT2D eigenvalue weighted by molar-refractivity contribution is 5.73. The molecule has 0 aliphatic heterocycles. The molecule has 1 saturated carbocycles. The van der Waals surface area contributed by atoms with Crippen LogP contribution in [0.2, 0.25) is 0 Å². The van der Waals surface area contributed by atoms with Crippen molar-refractivity contribution in [1.82, 2.24) is 5.32 Å². The minimum absolute atomic E-state index is 0.0668. The standard InChI is InChI=1S/C9H17NO2/c1-7(10-8(2)11)9(12)5-3-4-6-9/h7,12H,3-6H2,1-2H3,(H,10,11). The van der Waals surface area contributed by atoms with Crippen molar-refractivity contribution in [2.45, 2.75) is 51.2 Å². The molecule has 2 N–H and O–H groups in total. The largest absolute Gasteiger partial charge is 0.388 e. The van der Waals surface area contributed by atoms with Gasteiger partial charge >= 0.3 is 0 Å². The maximum absolute atomic E-state index is 10.7. The summed E-state index contributed by atoms with van der Waals surface area (Å²) < 4.78 is 0. The maximum Gasteiger partial charge on any atom is 0.217 e. The Morgan fingerprint density at radius 1 is 1.50 bits per heavy atom. The molecular weight excluding hydrogens is 154 g/mol. The van der Waals surface area contributed by atoms with Crippen LogP contribution in [0, 0.1) is 0 Å². The smallest absolute Gasteiger partial charge is 0.217 e. The van der Waals surface area contributed by atoms with E-state index in [-0.39, 0.29) is 11.9 Å². The first-order chi connectivity index (χ1) is 5.54. The summed E-state index contributed by atoms with van der Waals surface area (Å²) in [6.45, 7) is 3.35. The molecule has 0 aromatic heterocycles. The topological polar surface area (TPSA) is 49.3 Å². The van der Waals surface area contributed by atoms with Gasteiger partial charge in [-0.3, -0.25) is 4.79 Å². The molecule has 3 nitrogen and oxygen atoms in total. The molecule has 0 aromatic carbocycles. The summed E-state index contributed by atoms with van der Waals surface area (Å²) in [4.78, 5) is 10.7. The fraction of sp³-hybridized carbons (Fsp3) is 0.889. The second-order valence-corrected chi connectivity index (χ2v) is 3.73. The van der Waals surface area contributed by atoms with Gasteiger partial charge in [0.1, 0.15) is 0 Å². The summed E-state index contributed by atoms with van der Waals surface area (Å²) in [5.41, 5.74) is -0.647. The van der Waals surface area contributed by atoms with E-state index in [0.29, 0.717) is 0 Å². The molecule has 0 spiro atoms. The maximum atomic E-state index is 10.7. The fourth-order valence-corrected chi connectivity index (χ4v) is 1.86. The van der Waals surface area contributed by atoms with Crippen LogP contribution in [0.1, 0.15) is 39.5 Å². The van der Waals surface area contributed by atoms with E-state index in [1.165, 1.54) is 6.92 Å². The van der Waals surface area contributed by atoms with E-state index < -0.39 is 5.60 Å². The van der Waals surface area contributed by atoms with E-state index in [2.05, 4.69) is 5.32 Å². The Morgan fingerprint density at radius 2 is 2.00 bits per heavy atom. The van der Waals surface area contributed by atoms with Gasteiger partial charge in [0.25, 0.3) is 0 Å². The molecule has 1 unspecified atom stereocenters. The predicted octanol–water partition coefficient (Wildman–Crippen LogP) is 0.816. The first-order valence-electron chi connectivity index (χ1n) is 4.54. The first-order valence-corrected chi connectivity index (χ1v) is 4.54. The molecule has 1 atom stereocenters. The van der Waals surface area contributed by atoms with Crippen LogP contribution in [0.5, 0.6) is 0 Å². The Bertz CT molecular complexity index is 173. The zero-order chi connectivity index (χ0) is 9.19. The Kier molecular flexibility index (Phi) is 2.73. The zero-order valence-electron chi connectivity index (χ0n) is 7.76. The summed E-state index contributed by atoms with van der Waals surface area (Å²) in [6.07, 6.45) is 3.77. The molecule has 1 aliphatic rings. The van der Waals surface area contributed by atoms with Crippen molar-refractivity contribution in [3.05, 3.63) is 0 Å². The predicted molar refractivity (Wildman–Crippen MR) is 46.7 cm³/mol. The second-order valence-electron chi connectivity index (χ2n) is 3.73. The Morgan fingerprint density at radius 3 is 2.42 bits per heavy atom. The van der Waals surface area contributed by atoms with Gasteiger partial charge in [0.15, 0.2) is 0 Å². The lowest BCUT2D eigenvalue weighted by molar-refractivity contribution is -0.121. The van der Waals surface area contributed by atoms with Crippen LogP contribution in [0.4, 0.5) is 0 Å². The average molecular weight is 171 g/mol. The number of carbonyl (C=O) groups excluding carboxylic acids is 1. The summed E-state index contributed by atoms with van der Waals surface area (Å²) in [7, 11) is 0. The fourth-order valence-electron chi connectivity index (χ4n) is 1.86. The Balaban J connectivity index is 2.49. The molecule has 0 saturated heterocycles. The minimum atomic E-state index is -0.647. The molecule has 3 heteroatoms. The van der Waals surface area contributed by atoms with E-state index in [4.69, 9.17) is 0 Å². The number of amides is 1. The van der Waals surface area contributed by atoms with Crippen LogP contribution < -0.4 is 5.32 Å². The third kappa shape index (κ3) is 1.97. The Hall–Kier alpha value is -0.570. The third-order valence-electron chi connectivity index (χ3n) is 2.70. The number of hydrogen-bond acceptors (Lipinski definition) is 2. The summed E-state index contributed by atoms with van der Waals surface area (Å²) in [5.74, 6) is -0.0668. The van der Waals surface area contributed by atoms with Crippen LogP contribution in [-0.4, -0.2) is 22.7 Å². The molecule has 1 amide bonds. The van der Waals surface area contributed by atoms with Crippen molar-refractivity contribution in [3.63, 3.8) is 0 Å². The minimum Gasteiger partial charge on any atom is -0.388 e. The summed E-state index contributed by atoms with van der Waals surface area (Å²) in [5, 5.41) is 12.7. The number of carbonyl (C=O) groups is 1. The lowest BCUT2D eigenvalue weighted by atomic mass is 9.94. The van der Waals surface area contributed by atoms with Crippen LogP contribution >= 0.6 is 0 Å². The molecule has 1 aliphatic carbocycles. The van der Waals surface area contributed by atoms with Crippen LogP contribution in [0.25, 0.3) is 0 Å². The van der Waals surface area contributed by atoms with Crippen LogP contribution in [0.3, 0.4) is 0 Å². The lowest BCUT2D eigenvalue weighted by Gasteiger charge is -2.29. The highest BCUT2D eigenvalue weighted by Crippen LogP contribution is 2.32. The highest BCUT2D eigenvalue weighted by Gasteiger charge is 2.36. The van der Waals surface area contributed by atoms with Gasteiger partial charge in [-0.15, -0.1) is 0 Å². The number of aliphatic hydroxyl groups is 1. The molecule has 0 bridgehead atoms. The number of hydrogen-bond donors (Lipinski definition) is 2. The summed E-state index contributed by atoms with van der Waals surface area (Å²) in [6, 6.07) is -0.113. The van der Waals surface area contributed by atoms with Crippen molar-refractivity contribution in [2.75, 3.05) is 0 Å². The monoisotopic (exact) mass is 171 g/mol. The third-order valence-corrected chi connectivity index (χ3v) is 2.70. The van der Waals surface area contributed by atoms with E-state index in [9.17, 15) is 9.90 Å². The molecular formula is C9H17NO2. The van der Waals surface area contributed by atoms with Gasteiger partial charge < -0.3 is 10.4 Å². The quantitative estimate of drug-likeness (QED) is 0.646. The molecule has 70 valence electrons. The Labute approximate surface area is 73.2 Å². The van der Waals surface area contributed by atoms with Gasteiger partial charge in [0.2, 0.25) is 5.91 Å². The van der Waals surface area contributed by atoms with Crippen LogP contribution in [-0.2, 0) is 4.79 Å². The molecule has 0 radical (unpaired) electrons. The molecule has 0 aromatic rings. The SMILES string of the molecule is CC(=O)NC(C)C1(O)CCCC1. The average Bonchev–Trinajstić information content (AvgIpc) is 2.36. The van der Waals surface area contributed by atoms with Gasteiger partial charge in [-0.05, 0) is 19.8 Å². The van der Waals surface area contributed by atoms with Crippen molar-refractivity contribution < 1.29 is 9.90 Å². The highest BCUT2D eigenvalue weighted by atomic mass is 16.3. The number of rotatable bonds is 2. The molecule has 0 heterocycles. The van der Waals surface area contributed by atoms with Gasteiger partial charge in [0, 0.05) is 6.92 Å². The van der Waals surface area contributed by atoms with Crippen molar-refractivity contribution in [1.29, 1.82) is 0 Å². The normalized spacial score (nSPS) is 23.6. The van der Waals surface area contributed by atoms with E-state index in [1.807, 2.05) is 6.92 Å². The van der Waals surface area contributed by atoms with Gasteiger partial charge in [-0.25, -0.2) is 0 Å². The van der Waals surface area contributed by atoms with Crippen LogP contribution in [0.15, 0.2) is 0 Å². The van der Waals surface area contributed by atoms with E-state index in [1.54, 1.807) is 0 Å². The zero-order valence-corrected chi connectivity index (χ0v) is 7.76. The van der Waals surface area contributed by atoms with E-state index in [0.717, 1.165) is 25.7 Å². The molecule has 1 fully saturated rings. The molecule has 12 heavy (non-hydrogen) atoms. The summed E-state index contributed by atoms with van der Waals surface area (Å²) >= 11 is 0. The number of nitrogens with one attached hydrogen (secondary N) is 1. The van der Waals surface area contributed by atoms with E-state index >= 15 is 0 Å². The van der Waals surface area contributed by atoms with Gasteiger partial charge in [-0.1, -0.05) is 12.8 Å². The molecule has 1 rings (SSSR count). The lowest BCUT2D eigenvalue weighted by Crippen LogP contribution is -2.48. The van der Waals surface area contributed by atoms with Crippen molar-refractivity contribution >= 4 is 5.91 Å². The van der Waals surface area contributed by atoms with Gasteiger partial charge in [0.05, 0.1) is 11.6 Å². The van der Waals surface area contributed by atoms with Crippen molar-refractivity contribution in [3.8, 4) is 0 Å². The second kappa shape index (κ2) is 3.44. The van der Waals surface area contributed by atoms with Crippen molar-refractivity contribution in [2.24, 2.45) is 0 Å². The first kappa shape index (κ1) is 9.52.